The van der Waals surface area contributed by atoms with Crippen LogP contribution >= 0.6 is 0 Å². The van der Waals surface area contributed by atoms with Gasteiger partial charge in [0.1, 0.15) is 0 Å². The van der Waals surface area contributed by atoms with Crippen LogP contribution in [0.2, 0.25) is 0 Å². The molecular weight excluding hydrogens is 190 g/mol. The Kier molecular flexibility index (Phi) is 5.40. The third kappa shape index (κ3) is 4.98. The smallest absolute Gasteiger partial charge is 0.243 e. The summed E-state index contributed by atoms with van der Waals surface area (Å²) in [4.78, 5) is 11.4. The van der Waals surface area contributed by atoms with Crippen LogP contribution in [0.1, 0.15) is 33.1 Å². The number of carbonyl (C=O) groups excluding carboxylic acids is 1. The highest BCUT2D eigenvalue weighted by atomic mass is 16.5. The Morgan fingerprint density at radius 2 is 2.40 bits per heavy atom. The second-order valence-electron chi connectivity index (χ2n) is 4.17. The highest BCUT2D eigenvalue weighted by Crippen LogP contribution is 2.12. The molecular formula is C12H21NO2. The molecule has 86 valence electrons. The molecule has 1 saturated heterocycles. The average molecular weight is 211 g/mol. The van der Waals surface area contributed by atoms with Gasteiger partial charge in [-0.05, 0) is 32.1 Å². The van der Waals surface area contributed by atoms with Crippen molar-refractivity contribution in [1.82, 2.24) is 5.32 Å². The van der Waals surface area contributed by atoms with Gasteiger partial charge in [0.05, 0.1) is 6.61 Å². The molecule has 0 saturated carbocycles. The van der Waals surface area contributed by atoms with Gasteiger partial charge in [-0.25, -0.2) is 0 Å². The molecule has 1 aliphatic rings. The first-order valence-electron chi connectivity index (χ1n) is 5.75. The summed E-state index contributed by atoms with van der Waals surface area (Å²) >= 11 is 0. The molecule has 1 amide bonds. The number of hydrogen-bond acceptors (Lipinski definition) is 2. The summed E-state index contributed by atoms with van der Waals surface area (Å²) in [7, 11) is 0. The van der Waals surface area contributed by atoms with Crippen LogP contribution in [0.4, 0.5) is 0 Å². The minimum Gasteiger partial charge on any atom is -0.381 e. The highest BCUT2D eigenvalue weighted by molar-refractivity contribution is 5.88. The van der Waals surface area contributed by atoms with Gasteiger partial charge in [-0.2, -0.15) is 0 Å². The first-order chi connectivity index (χ1) is 7.22. The maximum atomic E-state index is 11.4. The van der Waals surface area contributed by atoms with Gasteiger partial charge in [0, 0.05) is 19.2 Å². The van der Waals surface area contributed by atoms with Crippen molar-refractivity contribution in [3.63, 3.8) is 0 Å². The molecule has 1 fully saturated rings. The summed E-state index contributed by atoms with van der Waals surface area (Å²) in [5.74, 6) is 0.526. The van der Waals surface area contributed by atoms with Crippen molar-refractivity contribution in [2.24, 2.45) is 5.92 Å². The molecule has 0 aromatic heterocycles. The van der Waals surface area contributed by atoms with E-state index in [0.717, 1.165) is 44.6 Å². The Bertz CT molecular complexity index is 230. The van der Waals surface area contributed by atoms with E-state index in [1.165, 1.54) is 0 Å². The summed E-state index contributed by atoms with van der Waals surface area (Å²) in [6, 6.07) is 0. The lowest BCUT2D eigenvalue weighted by molar-refractivity contribution is -0.116. The third-order valence-electron chi connectivity index (χ3n) is 2.75. The molecule has 0 aliphatic carbocycles. The lowest BCUT2D eigenvalue weighted by atomic mass is 10.0. The zero-order valence-electron chi connectivity index (χ0n) is 9.71. The second-order valence-corrected chi connectivity index (χ2v) is 4.17. The summed E-state index contributed by atoms with van der Waals surface area (Å²) in [6.45, 7) is 6.43. The number of allylic oxidation sites excluding steroid dienone is 1. The van der Waals surface area contributed by atoms with E-state index in [-0.39, 0.29) is 5.91 Å². The van der Waals surface area contributed by atoms with Crippen LogP contribution in [0.5, 0.6) is 0 Å². The van der Waals surface area contributed by atoms with E-state index in [0.29, 0.717) is 5.92 Å². The topological polar surface area (TPSA) is 38.3 Å². The van der Waals surface area contributed by atoms with E-state index in [9.17, 15) is 4.79 Å². The maximum Gasteiger partial charge on any atom is 0.243 e. The number of hydrogen-bond donors (Lipinski definition) is 1. The normalized spacial score (nSPS) is 22.5. The molecule has 0 aromatic carbocycles. The van der Waals surface area contributed by atoms with Gasteiger partial charge in [-0.3, -0.25) is 4.79 Å². The van der Waals surface area contributed by atoms with Crippen LogP contribution in [0.15, 0.2) is 11.6 Å². The molecule has 3 heteroatoms. The van der Waals surface area contributed by atoms with Gasteiger partial charge >= 0.3 is 0 Å². The minimum atomic E-state index is 0.0277. The predicted octanol–water partition coefficient (Wildman–Crippen LogP) is 1.89. The Hall–Kier alpha value is -0.830. The zero-order valence-corrected chi connectivity index (χ0v) is 9.71. The largest absolute Gasteiger partial charge is 0.381 e. The monoisotopic (exact) mass is 211 g/mol. The first kappa shape index (κ1) is 12.2. The summed E-state index contributed by atoms with van der Waals surface area (Å²) in [5.41, 5.74) is 1.12. The molecule has 3 nitrogen and oxygen atoms in total. The lowest BCUT2D eigenvalue weighted by Gasteiger charge is -2.21. The van der Waals surface area contributed by atoms with E-state index in [4.69, 9.17) is 4.74 Å². The standard InChI is InChI=1S/C12H21NO2/c1-3-10(2)7-12(14)13-8-11-5-4-6-15-9-11/h7,11H,3-6,8-9H2,1-2H3,(H,13,14). The summed E-state index contributed by atoms with van der Waals surface area (Å²) in [5, 5.41) is 2.92. The van der Waals surface area contributed by atoms with Crippen molar-refractivity contribution in [2.75, 3.05) is 19.8 Å². The minimum absolute atomic E-state index is 0.0277. The van der Waals surface area contributed by atoms with Crippen molar-refractivity contribution in [3.8, 4) is 0 Å². The van der Waals surface area contributed by atoms with Gasteiger partial charge in [0.2, 0.25) is 5.91 Å². The van der Waals surface area contributed by atoms with E-state index >= 15 is 0 Å². The van der Waals surface area contributed by atoms with Crippen molar-refractivity contribution in [2.45, 2.75) is 33.1 Å². The van der Waals surface area contributed by atoms with Crippen molar-refractivity contribution >= 4 is 5.91 Å². The van der Waals surface area contributed by atoms with Crippen molar-refractivity contribution < 1.29 is 9.53 Å². The molecule has 0 spiro atoms. The van der Waals surface area contributed by atoms with Crippen LogP contribution in [0.25, 0.3) is 0 Å². The molecule has 1 heterocycles. The fourth-order valence-electron chi connectivity index (χ4n) is 1.59. The van der Waals surface area contributed by atoms with Crippen LogP contribution in [0.3, 0.4) is 0 Å². The molecule has 0 radical (unpaired) electrons. The van der Waals surface area contributed by atoms with Crippen LogP contribution in [0, 0.1) is 5.92 Å². The molecule has 1 rings (SSSR count). The van der Waals surface area contributed by atoms with Crippen molar-refractivity contribution in [3.05, 3.63) is 11.6 Å². The molecule has 1 atom stereocenters. The van der Waals surface area contributed by atoms with Gasteiger partial charge in [0.15, 0.2) is 0 Å². The number of rotatable bonds is 4. The SMILES string of the molecule is CCC(C)=CC(=O)NCC1CCCOC1. The second kappa shape index (κ2) is 6.62. The first-order valence-corrected chi connectivity index (χ1v) is 5.75. The predicted molar refractivity (Wildman–Crippen MR) is 60.6 cm³/mol. The quantitative estimate of drug-likeness (QED) is 0.721. The molecule has 15 heavy (non-hydrogen) atoms. The van der Waals surface area contributed by atoms with Gasteiger partial charge in [0.25, 0.3) is 0 Å². The Balaban J connectivity index is 2.21. The van der Waals surface area contributed by atoms with E-state index in [1.54, 1.807) is 6.08 Å². The fraction of sp³-hybridized carbons (Fsp3) is 0.750. The maximum absolute atomic E-state index is 11.4. The zero-order chi connectivity index (χ0) is 11.1. The molecule has 1 aliphatic heterocycles. The van der Waals surface area contributed by atoms with E-state index in [2.05, 4.69) is 5.32 Å². The van der Waals surface area contributed by atoms with Crippen LogP contribution < -0.4 is 5.32 Å². The molecule has 1 unspecified atom stereocenters. The number of amides is 1. The highest BCUT2D eigenvalue weighted by Gasteiger charge is 2.13. The number of ether oxygens (including phenoxy) is 1. The van der Waals surface area contributed by atoms with Crippen LogP contribution in [-0.2, 0) is 9.53 Å². The average Bonchev–Trinajstić information content (AvgIpc) is 2.27. The number of nitrogens with one attached hydrogen (secondary N) is 1. The van der Waals surface area contributed by atoms with Gasteiger partial charge in [-0.1, -0.05) is 12.5 Å². The summed E-state index contributed by atoms with van der Waals surface area (Å²) < 4.78 is 5.35. The Morgan fingerprint density at radius 1 is 1.60 bits per heavy atom. The number of carbonyl (C=O) groups is 1. The Labute approximate surface area is 91.9 Å². The van der Waals surface area contributed by atoms with E-state index < -0.39 is 0 Å². The van der Waals surface area contributed by atoms with E-state index in [1.807, 2.05) is 13.8 Å². The molecule has 0 aromatic rings. The van der Waals surface area contributed by atoms with Crippen LogP contribution in [-0.4, -0.2) is 25.7 Å². The van der Waals surface area contributed by atoms with Crippen molar-refractivity contribution in [1.29, 1.82) is 0 Å². The Morgan fingerprint density at radius 3 is 3.00 bits per heavy atom. The summed E-state index contributed by atoms with van der Waals surface area (Å²) in [6.07, 6.45) is 4.89. The lowest BCUT2D eigenvalue weighted by Crippen LogP contribution is -2.32. The molecule has 0 bridgehead atoms. The van der Waals surface area contributed by atoms with Gasteiger partial charge < -0.3 is 10.1 Å². The third-order valence-corrected chi connectivity index (χ3v) is 2.75. The molecule has 1 N–H and O–H groups in total. The fourth-order valence-corrected chi connectivity index (χ4v) is 1.59. The van der Waals surface area contributed by atoms with Gasteiger partial charge in [-0.15, -0.1) is 0 Å².